The number of aromatic nitrogens is 3. The molecule has 1 aliphatic rings. The average Bonchev–Trinajstić information content (AvgIpc) is 2.73. The third-order valence-corrected chi connectivity index (χ3v) is 4.66. The van der Waals surface area contributed by atoms with E-state index >= 15 is 0 Å². The molecule has 0 unspecified atom stereocenters. The second kappa shape index (κ2) is 8.05. The molecular formula is C19H16N4O3S. The molecule has 1 aliphatic heterocycles. The number of benzene rings is 1. The van der Waals surface area contributed by atoms with E-state index in [2.05, 4.69) is 20.5 Å². The van der Waals surface area contributed by atoms with Crippen LogP contribution in [0.5, 0.6) is 11.5 Å². The minimum absolute atomic E-state index is 0.132. The Morgan fingerprint density at radius 3 is 2.67 bits per heavy atom. The van der Waals surface area contributed by atoms with Gasteiger partial charge in [-0.25, -0.2) is 0 Å². The lowest BCUT2D eigenvalue weighted by molar-refractivity contribution is -0.113. The lowest BCUT2D eigenvalue weighted by atomic mass is 10.2. The fourth-order valence-electron chi connectivity index (χ4n) is 2.51. The van der Waals surface area contributed by atoms with E-state index in [9.17, 15) is 4.79 Å². The lowest BCUT2D eigenvalue weighted by Crippen LogP contribution is -2.17. The summed E-state index contributed by atoms with van der Waals surface area (Å²) in [5.74, 6) is 1.43. The number of hydrogen-bond acceptors (Lipinski definition) is 7. The Morgan fingerprint density at radius 1 is 1.00 bits per heavy atom. The van der Waals surface area contributed by atoms with Crippen molar-refractivity contribution in [1.82, 2.24) is 15.2 Å². The first-order chi connectivity index (χ1) is 13.3. The van der Waals surface area contributed by atoms with E-state index in [4.69, 9.17) is 9.47 Å². The normalized spacial score (nSPS) is 12.4. The van der Waals surface area contributed by atoms with Gasteiger partial charge in [-0.15, -0.1) is 10.2 Å². The van der Waals surface area contributed by atoms with Crippen LogP contribution in [0.2, 0.25) is 0 Å². The van der Waals surface area contributed by atoms with Crippen molar-refractivity contribution >= 4 is 23.4 Å². The van der Waals surface area contributed by atoms with Crippen molar-refractivity contribution in [1.29, 1.82) is 0 Å². The van der Waals surface area contributed by atoms with E-state index in [1.807, 2.05) is 30.3 Å². The fraction of sp³-hybridized carbons (Fsp3) is 0.158. The molecule has 0 bridgehead atoms. The molecule has 7 nitrogen and oxygen atoms in total. The molecule has 0 saturated carbocycles. The van der Waals surface area contributed by atoms with Crippen LogP contribution < -0.4 is 14.8 Å². The van der Waals surface area contributed by atoms with Gasteiger partial charge < -0.3 is 14.8 Å². The second-order valence-corrected chi connectivity index (χ2v) is 6.66. The van der Waals surface area contributed by atoms with Crippen LogP contribution in [0, 0.1) is 0 Å². The number of carbonyl (C=O) groups excluding carboxylic acids is 1. The number of nitrogens with one attached hydrogen (secondary N) is 1. The lowest BCUT2D eigenvalue weighted by Gasteiger charge is -2.18. The first kappa shape index (κ1) is 17.3. The highest BCUT2D eigenvalue weighted by Crippen LogP contribution is 2.32. The maximum atomic E-state index is 12.2. The Bertz CT molecular complexity index is 935. The Kier molecular flexibility index (Phi) is 5.15. The topological polar surface area (TPSA) is 86.2 Å². The largest absolute Gasteiger partial charge is 0.486 e. The highest BCUT2D eigenvalue weighted by atomic mass is 32.2. The van der Waals surface area contributed by atoms with Gasteiger partial charge in [-0.05, 0) is 36.4 Å². The van der Waals surface area contributed by atoms with E-state index in [0.717, 1.165) is 5.69 Å². The van der Waals surface area contributed by atoms with E-state index in [1.165, 1.54) is 11.8 Å². The molecule has 0 aliphatic carbocycles. The van der Waals surface area contributed by atoms with Crippen LogP contribution >= 0.6 is 11.8 Å². The SMILES string of the molecule is O=C(CSc1ccc(-c2ccccn2)nn1)Nc1ccc2c(c1)OCCO2. The third-order valence-electron chi connectivity index (χ3n) is 3.74. The van der Waals surface area contributed by atoms with Gasteiger partial charge >= 0.3 is 0 Å². The smallest absolute Gasteiger partial charge is 0.234 e. The molecule has 2 aromatic heterocycles. The minimum atomic E-state index is -0.132. The van der Waals surface area contributed by atoms with E-state index in [0.29, 0.717) is 41.1 Å². The Hall–Kier alpha value is -3.13. The molecule has 0 atom stereocenters. The van der Waals surface area contributed by atoms with E-state index < -0.39 is 0 Å². The molecule has 136 valence electrons. The predicted octanol–water partition coefficient (Wildman–Crippen LogP) is 3.04. The number of pyridine rings is 1. The quantitative estimate of drug-likeness (QED) is 0.681. The third kappa shape index (κ3) is 4.35. The van der Waals surface area contributed by atoms with Gasteiger partial charge in [0.2, 0.25) is 5.91 Å². The molecular weight excluding hydrogens is 364 g/mol. The Balaban J connectivity index is 1.33. The molecule has 0 spiro atoms. The van der Waals surface area contributed by atoms with Crippen molar-refractivity contribution in [3.8, 4) is 22.9 Å². The summed E-state index contributed by atoms with van der Waals surface area (Å²) >= 11 is 1.32. The fourth-order valence-corrected chi connectivity index (χ4v) is 3.12. The van der Waals surface area contributed by atoms with Crippen LogP contribution in [-0.4, -0.2) is 40.1 Å². The maximum absolute atomic E-state index is 12.2. The van der Waals surface area contributed by atoms with Gasteiger partial charge in [-0.1, -0.05) is 17.8 Å². The molecule has 27 heavy (non-hydrogen) atoms. The summed E-state index contributed by atoms with van der Waals surface area (Å²) in [6.07, 6.45) is 1.71. The second-order valence-electron chi connectivity index (χ2n) is 5.67. The standard InChI is InChI=1S/C19H16N4O3S/c24-18(21-13-4-6-16-17(11-13)26-10-9-25-16)12-27-19-7-5-15(22-23-19)14-3-1-2-8-20-14/h1-8,11H,9-10,12H2,(H,21,24). The minimum Gasteiger partial charge on any atom is -0.486 e. The zero-order valence-electron chi connectivity index (χ0n) is 14.3. The van der Waals surface area contributed by atoms with Crippen molar-refractivity contribution in [2.45, 2.75) is 5.03 Å². The molecule has 0 saturated heterocycles. The van der Waals surface area contributed by atoms with Crippen molar-refractivity contribution in [3.05, 3.63) is 54.7 Å². The monoisotopic (exact) mass is 380 g/mol. The van der Waals surface area contributed by atoms with Gasteiger partial charge in [0.1, 0.15) is 23.9 Å². The number of rotatable bonds is 5. The number of nitrogens with zero attached hydrogens (tertiary/aromatic N) is 3. The molecule has 1 amide bonds. The van der Waals surface area contributed by atoms with Crippen molar-refractivity contribution in [3.63, 3.8) is 0 Å². The Labute approximate surface area is 160 Å². The number of hydrogen-bond donors (Lipinski definition) is 1. The van der Waals surface area contributed by atoms with Crippen molar-refractivity contribution in [2.75, 3.05) is 24.3 Å². The van der Waals surface area contributed by atoms with Crippen LogP contribution in [0.4, 0.5) is 5.69 Å². The zero-order chi connectivity index (χ0) is 18.5. The molecule has 0 fully saturated rings. The zero-order valence-corrected chi connectivity index (χ0v) is 15.1. The number of fused-ring (bicyclic) bond motifs is 1. The average molecular weight is 380 g/mol. The van der Waals surface area contributed by atoms with E-state index in [-0.39, 0.29) is 11.7 Å². The van der Waals surface area contributed by atoms with Gasteiger partial charge in [-0.3, -0.25) is 9.78 Å². The van der Waals surface area contributed by atoms with Crippen LogP contribution in [0.15, 0.2) is 59.8 Å². The number of thioether (sulfide) groups is 1. The maximum Gasteiger partial charge on any atom is 0.234 e. The summed E-state index contributed by atoms with van der Waals surface area (Å²) in [4.78, 5) is 16.4. The van der Waals surface area contributed by atoms with Gasteiger partial charge in [0, 0.05) is 18.0 Å². The summed E-state index contributed by atoms with van der Waals surface area (Å²) in [6, 6.07) is 14.6. The summed E-state index contributed by atoms with van der Waals surface area (Å²) in [7, 11) is 0. The van der Waals surface area contributed by atoms with Crippen LogP contribution in [0.25, 0.3) is 11.4 Å². The first-order valence-electron chi connectivity index (χ1n) is 8.35. The molecule has 1 aromatic carbocycles. The highest BCUT2D eigenvalue weighted by Gasteiger charge is 2.13. The van der Waals surface area contributed by atoms with Crippen LogP contribution in [0.3, 0.4) is 0 Å². The van der Waals surface area contributed by atoms with Crippen LogP contribution in [0.1, 0.15) is 0 Å². The number of ether oxygens (including phenoxy) is 2. The number of amides is 1. The summed E-state index contributed by atoms with van der Waals surface area (Å²) in [5, 5.41) is 11.8. The summed E-state index contributed by atoms with van der Waals surface area (Å²) in [6.45, 7) is 1.04. The van der Waals surface area contributed by atoms with Gasteiger partial charge in [0.05, 0.1) is 11.4 Å². The predicted molar refractivity (Wildman–Crippen MR) is 102 cm³/mol. The summed E-state index contributed by atoms with van der Waals surface area (Å²) < 4.78 is 11.0. The number of anilines is 1. The number of carbonyl (C=O) groups is 1. The van der Waals surface area contributed by atoms with Gasteiger partial charge in [-0.2, -0.15) is 0 Å². The van der Waals surface area contributed by atoms with Crippen molar-refractivity contribution in [2.24, 2.45) is 0 Å². The van der Waals surface area contributed by atoms with Gasteiger partial charge in [0.25, 0.3) is 0 Å². The Morgan fingerprint density at radius 2 is 1.89 bits per heavy atom. The molecule has 3 heterocycles. The molecule has 1 N–H and O–H groups in total. The van der Waals surface area contributed by atoms with E-state index in [1.54, 1.807) is 24.4 Å². The highest BCUT2D eigenvalue weighted by molar-refractivity contribution is 7.99. The molecule has 3 aromatic rings. The molecule has 0 radical (unpaired) electrons. The summed E-state index contributed by atoms with van der Waals surface area (Å²) in [5.41, 5.74) is 2.13. The molecule has 8 heteroatoms. The van der Waals surface area contributed by atoms with Gasteiger partial charge in [0.15, 0.2) is 11.5 Å². The van der Waals surface area contributed by atoms with Crippen LogP contribution in [-0.2, 0) is 4.79 Å². The first-order valence-corrected chi connectivity index (χ1v) is 9.34. The molecule has 4 rings (SSSR count). The van der Waals surface area contributed by atoms with Crippen molar-refractivity contribution < 1.29 is 14.3 Å².